The Balaban J connectivity index is 1.61. The Morgan fingerprint density at radius 2 is 2.04 bits per heavy atom. The highest BCUT2D eigenvalue weighted by Crippen LogP contribution is 2.50. The van der Waals surface area contributed by atoms with Gasteiger partial charge in [0.15, 0.2) is 0 Å². The van der Waals surface area contributed by atoms with Gasteiger partial charge in [-0.3, -0.25) is 10.1 Å². The number of primary amides is 1. The zero-order valence-corrected chi connectivity index (χ0v) is 15.5. The highest BCUT2D eigenvalue weighted by Gasteiger charge is 2.51. The Bertz CT molecular complexity index is 791. The number of carbonyl (C=O) groups is 2. The number of hydrogen-bond donors (Lipinski definition) is 3. The molecule has 3 rings (SSSR count). The first-order chi connectivity index (χ1) is 12.9. The normalized spacial score (nSPS) is 20.2. The zero-order valence-electron chi connectivity index (χ0n) is 15.5. The topological polar surface area (TPSA) is 103 Å². The molecule has 0 aromatic heterocycles. The fourth-order valence-electron chi connectivity index (χ4n) is 2.98. The summed E-state index contributed by atoms with van der Waals surface area (Å²) < 4.78 is 48.8. The third-order valence-electron chi connectivity index (χ3n) is 5.06. The van der Waals surface area contributed by atoms with E-state index in [1.807, 2.05) is 0 Å². The molecule has 2 amide bonds. The van der Waals surface area contributed by atoms with E-state index in [0.29, 0.717) is 24.4 Å². The first kappa shape index (κ1) is 20.1. The molecular weight excluding hydrogens is 379 g/mol. The Labute approximate surface area is 159 Å². The second-order valence-corrected chi connectivity index (χ2v) is 7.70. The molecular formula is C18H22F3N3O4. The minimum absolute atomic E-state index is 0.223. The van der Waals surface area contributed by atoms with Gasteiger partial charge in [0.1, 0.15) is 11.9 Å². The van der Waals surface area contributed by atoms with E-state index in [-0.39, 0.29) is 17.7 Å². The summed E-state index contributed by atoms with van der Waals surface area (Å²) >= 11 is 0. The Morgan fingerprint density at radius 3 is 2.61 bits per heavy atom. The third-order valence-corrected chi connectivity index (χ3v) is 5.06. The number of benzene rings is 1. The first-order valence-corrected chi connectivity index (χ1v) is 8.83. The van der Waals surface area contributed by atoms with Gasteiger partial charge in [-0.1, -0.05) is 0 Å². The van der Waals surface area contributed by atoms with Crippen LogP contribution < -0.4 is 21.1 Å². The predicted molar refractivity (Wildman–Crippen MR) is 95.1 cm³/mol. The zero-order chi connectivity index (χ0) is 20.7. The number of amides is 2. The number of fused-ring (bicyclic) bond motifs is 1. The van der Waals surface area contributed by atoms with Crippen LogP contribution in [0.3, 0.4) is 0 Å². The maximum atomic E-state index is 12.8. The van der Waals surface area contributed by atoms with E-state index < -0.39 is 23.3 Å². The van der Waals surface area contributed by atoms with Crippen LogP contribution in [0.25, 0.3) is 0 Å². The monoisotopic (exact) mass is 401 g/mol. The van der Waals surface area contributed by atoms with Crippen LogP contribution in [0.5, 0.6) is 5.75 Å². The van der Waals surface area contributed by atoms with E-state index in [1.54, 1.807) is 6.07 Å². The molecule has 7 nitrogen and oxygen atoms in total. The lowest BCUT2D eigenvalue weighted by molar-refractivity contribution is -0.242. The smallest absolute Gasteiger partial charge is 0.427 e. The molecule has 0 bridgehead atoms. The fourth-order valence-corrected chi connectivity index (χ4v) is 2.98. The molecule has 1 fully saturated rings. The quantitative estimate of drug-likeness (QED) is 0.702. The fraction of sp³-hybridized carbons (Fsp3) is 0.556. The van der Waals surface area contributed by atoms with Crippen molar-refractivity contribution in [2.45, 2.75) is 51.0 Å². The molecule has 4 N–H and O–H groups in total. The molecule has 0 saturated heterocycles. The summed E-state index contributed by atoms with van der Waals surface area (Å²) in [4.78, 5) is 23.3. The summed E-state index contributed by atoms with van der Waals surface area (Å²) in [6.45, 7) is 1.98. The minimum Gasteiger partial charge on any atom is -0.486 e. The van der Waals surface area contributed by atoms with Gasteiger partial charge in [0.2, 0.25) is 11.5 Å². The summed E-state index contributed by atoms with van der Waals surface area (Å²) in [7, 11) is 0. The van der Waals surface area contributed by atoms with Crippen molar-refractivity contribution in [1.82, 2.24) is 0 Å². The molecule has 10 heteroatoms. The molecule has 1 aliphatic heterocycles. The van der Waals surface area contributed by atoms with Gasteiger partial charge in [-0.05, 0) is 44.9 Å². The number of halogens is 3. The van der Waals surface area contributed by atoms with Gasteiger partial charge < -0.3 is 20.5 Å². The van der Waals surface area contributed by atoms with Crippen molar-refractivity contribution in [2.24, 2.45) is 11.1 Å². The summed E-state index contributed by atoms with van der Waals surface area (Å²) in [5.74, 6) is 0.202. The van der Waals surface area contributed by atoms with E-state index in [2.05, 4.69) is 15.4 Å². The van der Waals surface area contributed by atoms with Gasteiger partial charge in [-0.15, -0.1) is 0 Å². The number of nitrogens with one attached hydrogen (secondary N) is 2. The summed E-state index contributed by atoms with van der Waals surface area (Å²) in [5.41, 5.74) is 3.18. The number of rotatable bonds is 5. The first-order valence-electron chi connectivity index (χ1n) is 8.83. The largest absolute Gasteiger partial charge is 0.486 e. The molecule has 0 unspecified atom stereocenters. The van der Waals surface area contributed by atoms with Gasteiger partial charge in [-0.2, -0.15) is 13.2 Å². The highest BCUT2D eigenvalue weighted by molar-refractivity contribution is 5.86. The Hall–Kier alpha value is -2.65. The van der Waals surface area contributed by atoms with Crippen LogP contribution in [0.2, 0.25) is 0 Å². The van der Waals surface area contributed by atoms with Crippen molar-refractivity contribution < 1.29 is 32.2 Å². The lowest BCUT2D eigenvalue weighted by Crippen LogP contribution is -2.44. The Kier molecular flexibility index (Phi) is 4.84. The summed E-state index contributed by atoms with van der Waals surface area (Å²) in [6.07, 6.45) is -4.09. The van der Waals surface area contributed by atoms with E-state index in [0.717, 1.165) is 26.7 Å². The molecule has 1 saturated carbocycles. The second kappa shape index (κ2) is 6.75. The van der Waals surface area contributed by atoms with E-state index in [1.165, 1.54) is 12.1 Å². The molecule has 1 atom stereocenters. The van der Waals surface area contributed by atoms with E-state index >= 15 is 0 Å². The van der Waals surface area contributed by atoms with Crippen molar-refractivity contribution in [3.63, 3.8) is 0 Å². The lowest BCUT2D eigenvalue weighted by Gasteiger charge is -2.30. The number of alkyl halides is 3. The molecule has 154 valence electrons. The van der Waals surface area contributed by atoms with E-state index in [9.17, 15) is 22.8 Å². The standard InChI is InChI=1S/C18H22F3N3O4/c1-16(2,18(19,20)21)28-15(26)24-10-3-4-13-12(7-10)23-9-11(27-13)8-17(5-6-17)14(22)25/h3-4,7,11,23H,5-6,8-9H2,1-2H3,(H2,22,25)(H,24,26)/t11-/m0/s1. The average Bonchev–Trinajstić information content (AvgIpc) is 3.34. The van der Waals surface area contributed by atoms with Crippen molar-refractivity contribution >= 4 is 23.4 Å². The van der Waals surface area contributed by atoms with Gasteiger partial charge in [0.25, 0.3) is 0 Å². The molecule has 2 aliphatic rings. The van der Waals surface area contributed by atoms with Gasteiger partial charge in [0.05, 0.1) is 17.6 Å². The summed E-state index contributed by atoms with van der Waals surface area (Å²) in [5, 5.41) is 5.42. The van der Waals surface area contributed by atoms with Gasteiger partial charge >= 0.3 is 12.3 Å². The second-order valence-electron chi connectivity index (χ2n) is 7.70. The number of carbonyl (C=O) groups excluding carboxylic acids is 2. The van der Waals surface area contributed by atoms with Crippen LogP contribution in [-0.2, 0) is 9.53 Å². The predicted octanol–water partition coefficient (Wildman–Crippen LogP) is 3.40. The number of anilines is 2. The van der Waals surface area contributed by atoms with Gasteiger partial charge in [0, 0.05) is 12.1 Å². The van der Waals surface area contributed by atoms with Crippen molar-refractivity contribution in [2.75, 3.05) is 17.2 Å². The molecule has 1 aliphatic carbocycles. The highest BCUT2D eigenvalue weighted by atomic mass is 19.4. The maximum absolute atomic E-state index is 12.8. The van der Waals surface area contributed by atoms with Crippen molar-refractivity contribution in [3.8, 4) is 5.75 Å². The number of nitrogens with two attached hydrogens (primary N) is 1. The van der Waals surface area contributed by atoms with Crippen LogP contribution in [0.4, 0.5) is 29.3 Å². The number of hydrogen-bond acceptors (Lipinski definition) is 5. The molecule has 28 heavy (non-hydrogen) atoms. The van der Waals surface area contributed by atoms with Gasteiger partial charge in [-0.25, -0.2) is 4.79 Å². The lowest BCUT2D eigenvalue weighted by atomic mass is 9.97. The molecule has 0 radical (unpaired) electrons. The SMILES string of the molecule is CC(C)(OC(=O)Nc1ccc2c(c1)NC[C@H](CC1(C(N)=O)CC1)O2)C(F)(F)F. The molecule has 1 aromatic carbocycles. The van der Waals surface area contributed by atoms with Crippen LogP contribution in [-0.4, -0.2) is 36.4 Å². The van der Waals surface area contributed by atoms with Crippen molar-refractivity contribution in [3.05, 3.63) is 18.2 Å². The summed E-state index contributed by atoms with van der Waals surface area (Å²) in [6, 6.07) is 4.61. The van der Waals surface area contributed by atoms with Crippen molar-refractivity contribution in [1.29, 1.82) is 0 Å². The molecule has 0 spiro atoms. The van der Waals surface area contributed by atoms with Crippen LogP contribution >= 0.6 is 0 Å². The van der Waals surface area contributed by atoms with Crippen LogP contribution in [0, 0.1) is 5.41 Å². The molecule has 1 aromatic rings. The minimum atomic E-state index is -4.69. The average molecular weight is 401 g/mol. The molecule has 1 heterocycles. The maximum Gasteiger partial charge on any atom is 0.427 e. The van der Waals surface area contributed by atoms with Crippen LogP contribution in [0.1, 0.15) is 33.1 Å². The third kappa shape index (κ3) is 4.10. The van der Waals surface area contributed by atoms with E-state index in [4.69, 9.17) is 10.5 Å². The Morgan fingerprint density at radius 1 is 1.36 bits per heavy atom. The number of ether oxygens (including phenoxy) is 2. The van der Waals surface area contributed by atoms with Crippen LogP contribution in [0.15, 0.2) is 18.2 Å².